The van der Waals surface area contributed by atoms with Gasteiger partial charge in [-0.2, -0.15) is 4.37 Å². The van der Waals surface area contributed by atoms with Gasteiger partial charge in [0.2, 0.25) is 0 Å². The van der Waals surface area contributed by atoms with Crippen LogP contribution in [0.2, 0.25) is 0 Å². The highest BCUT2D eigenvalue weighted by molar-refractivity contribution is 7.09. The van der Waals surface area contributed by atoms with E-state index < -0.39 is 11.9 Å². The molecule has 2 fully saturated rings. The molecular weight excluding hydrogens is 443 g/mol. The quantitative estimate of drug-likeness (QED) is 0.492. The van der Waals surface area contributed by atoms with Gasteiger partial charge < -0.3 is 14.5 Å². The highest BCUT2D eigenvalue weighted by Crippen LogP contribution is 2.33. The summed E-state index contributed by atoms with van der Waals surface area (Å²) in [5, 5.41) is 0.480. The van der Waals surface area contributed by atoms with Crippen LogP contribution in [0, 0.1) is 5.82 Å². The second kappa shape index (κ2) is 9.27. The number of anilines is 1. The largest absolute Gasteiger partial charge is 0.415 e. The molecule has 5 rings (SSSR count). The third-order valence-corrected chi connectivity index (χ3v) is 6.79. The Labute approximate surface area is 195 Å². The number of aromatic nitrogens is 2. The number of amides is 1. The molecule has 2 aliphatic heterocycles. The standard InChI is InChI=1S/C24H23FN4O3S/c25-20-14-17(13-18(15-30)21(20)32-24(31)29-11-3-4-12-29)23-26-22(27-33-23)16-5-7-19(8-6-16)28-9-1-2-10-28/h5-8,13-15H,1-4,9-12H2. The molecule has 0 radical (unpaired) electrons. The number of likely N-dealkylation sites (tertiary alicyclic amines) is 1. The first-order chi connectivity index (χ1) is 16.1. The Bertz CT molecular complexity index is 1170. The molecule has 0 bridgehead atoms. The molecular formula is C24H23FN4O3S. The monoisotopic (exact) mass is 466 g/mol. The normalized spacial score (nSPS) is 15.8. The van der Waals surface area contributed by atoms with E-state index in [1.807, 2.05) is 12.1 Å². The van der Waals surface area contributed by atoms with E-state index in [1.54, 1.807) is 0 Å². The van der Waals surface area contributed by atoms with Gasteiger partial charge in [-0.15, -0.1) is 0 Å². The number of hydrogen-bond acceptors (Lipinski definition) is 7. The van der Waals surface area contributed by atoms with Crippen molar-refractivity contribution in [3.05, 3.63) is 47.8 Å². The van der Waals surface area contributed by atoms with Gasteiger partial charge in [0.1, 0.15) is 5.01 Å². The van der Waals surface area contributed by atoms with E-state index in [2.05, 4.69) is 26.4 Å². The number of aldehydes is 1. The fourth-order valence-electron chi connectivity index (χ4n) is 4.24. The molecule has 9 heteroatoms. The molecule has 2 saturated heterocycles. The van der Waals surface area contributed by atoms with Crippen molar-refractivity contribution < 1.29 is 18.7 Å². The maximum atomic E-state index is 14.8. The number of carbonyl (C=O) groups is 2. The van der Waals surface area contributed by atoms with Crippen molar-refractivity contribution in [2.75, 3.05) is 31.1 Å². The summed E-state index contributed by atoms with van der Waals surface area (Å²) in [7, 11) is 0. The SMILES string of the molecule is O=Cc1cc(-c2nc(-c3ccc(N4CCCC4)cc3)ns2)cc(F)c1OC(=O)N1CCCC1. The van der Waals surface area contributed by atoms with Crippen LogP contribution in [0.15, 0.2) is 36.4 Å². The molecule has 170 valence electrons. The summed E-state index contributed by atoms with van der Waals surface area (Å²) >= 11 is 1.12. The predicted octanol–water partition coefficient (Wildman–Crippen LogP) is 5.02. The fourth-order valence-corrected chi connectivity index (χ4v) is 4.91. The summed E-state index contributed by atoms with van der Waals surface area (Å²) in [5.74, 6) is -0.595. The van der Waals surface area contributed by atoms with Crippen LogP contribution in [0.3, 0.4) is 0 Å². The lowest BCUT2D eigenvalue weighted by Crippen LogP contribution is -2.31. The van der Waals surface area contributed by atoms with Crippen molar-refractivity contribution in [3.8, 4) is 27.7 Å². The Morgan fingerprint density at radius 2 is 1.70 bits per heavy atom. The molecule has 2 aromatic carbocycles. The van der Waals surface area contributed by atoms with Crippen molar-refractivity contribution in [2.45, 2.75) is 25.7 Å². The van der Waals surface area contributed by atoms with Crippen LogP contribution in [-0.4, -0.2) is 52.8 Å². The maximum Gasteiger partial charge on any atom is 0.415 e. The summed E-state index contributed by atoms with van der Waals surface area (Å²) < 4.78 is 24.5. The number of nitrogens with zero attached hydrogens (tertiary/aromatic N) is 4. The minimum Gasteiger partial charge on any atom is -0.406 e. The van der Waals surface area contributed by atoms with Gasteiger partial charge in [0.05, 0.1) is 5.56 Å². The molecule has 0 aliphatic carbocycles. The van der Waals surface area contributed by atoms with Crippen LogP contribution < -0.4 is 9.64 Å². The molecule has 2 aliphatic rings. The first-order valence-corrected chi connectivity index (χ1v) is 11.8. The van der Waals surface area contributed by atoms with Crippen LogP contribution >= 0.6 is 11.5 Å². The minimum atomic E-state index is -0.783. The average Bonchev–Trinajstić information content (AvgIpc) is 3.63. The summed E-state index contributed by atoms with van der Waals surface area (Å²) in [6, 6.07) is 10.8. The molecule has 3 heterocycles. The van der Waals surface area contributed by atoms with E-state index in [9.17, 15) is 14.0 Å². The third-order valence-electron chi connectivity index (χ3n) is 6.02. The number of carbonyl (C=O) groups excluding carboxylic acids is 2. The van der Waals surface area contributed by atoms with E-state index in [-0.39, 0.29) is 11.3 Å². The first-order valence-electron chi connectivity index (χ1n) is 11.1. The maximum absolute atomic E-state index is 14.8. The van der Waals surface area contributed by atoms with Gasteiger partial charge in [-0.1, -0.05) is 0 Å². The molecule has 0 atom stereocenters. The summed E-state index contributed by atoms with van der Waals surface area (Å²) in [4.78, 5) is 32.3. The second-order valence-corrected chi connectivity index (χ2v) is 8.97. The average molecular weight is 467 g/mol. The molecule has 0 N–H and O–H groups in total. The zero-order valence-electron chi connectivity index (χ0n) is 18.0. The number of rotatable bonds is 5. The Hall–Kier alpha value is -3.33. The third kappa shape index (κ3) is 4.45. The first kappa shape index (κ1) is 21.5. The van der Waals surface area contributed by atoms with Crippen molar-refractivity contribution >= 4 is 29.6 Å². The summed E-state index contributed by atoms with van der Waals surface area (Å²) in [5.41, 5.74) is 2.42. The minimum absolute atomic E-state index is 0.0377. The molecule has 33 heavy (non-hydrogen) atoms. The number of ether oxygens (including phenoxy) is 1. The van der Waals surface area contributed by atoms with Crippen molar-refractivity contribution in [1.29, 1.82) is 0 Å². The Morgan fingerprint density at radius 3 is 2.39 bits per heavy atom. The van der Waals surface area contributed by atoms with Crippen molar-refractivity contribution in [3.63, 3.8) is 0 Å². The van der Waals surface area contributed by atoms with E-state index in [4.69, 9.17) is 4.74 Å². The highest BCUT2D eigenvalue weighted by atomic mass is 32.1. The smallest absolute Gasteiger partial charge is 0.406 e. The number of hydrogen-bond donors (Lipinski definition) is 0. The lowest BCUT2D eigenvalue weighted by Gasteiger charge is -2.17. The lowest BCUT2D eigenvalue weighted by molar-refractivity contribution is 0.111. The van der Waals surface area contributed by atoms with Crippen LogP contribution in [0.25, 0.3) is 22.0 Å². The summed E-state index contributed by atoms with van der Waals surface area (Å²) in [6.45, 7) is 3.29. The topological polar surface area (TPSA) is 75.6 Å². The zero-order chi connectivity index (χ0) is 22.8. The van der Waals surface area contributed by atoms with E-state index >= 15 is 0 Å². The Morgan fingerprint density at radius 1 is 1.00 bits per heavy atom. The van der Waals surface area contributed by atoms with E-state index in [1.165, 1.54) is 35.6 Å². The van der Waals surface area contributed by atoms with Gasteiger partial charge in [0.15, 0.2) is 23.7 Å². The molecule has 3 aromatic rings. The lowest BCUT2D eigenvalue weighted by atomic mass is 10.1. The number of halogens is 1. The molecule has 0 saturated carbocycles. The molecule has 0 spiro atoms. The zero-order valence-corrected chi connectivity index (χ0v) is 18.8. The number of benzene rings is 2. The van der Waals surface area contributed by atoms with Gasteiger partial charge in [-0.25, -0.2) is 14.2 Å². The molecule has 7 nitrogen and oxygen atoms in total. The van der Waals surface area contributed by atoms with Gasteiger partial charge in [0.25, 0.3) is 0 Å². The van der Waals surface area contributed by atoms with Crippen molar-refractivity contribution in [2.24, 2.45) is 0 Å². The van der Waals surface area contributed by atoms with Gasteiger partial charge in [-0.05, 0) is 73.6 Å². The molecule has 1 amide bonds. The van der Waals surface area contributed by atoms with Gasteiger partial charge >= 0.3 is 6.09 Å². The fraction of sp³-hybridized carbons (Fsp3) is 0.333. The molecule has 1 aromatic heterocycles. The van der Waals surface area contributed by atoms with Gasteiger partial charge in [-0.3, -0.25) is 4.79 Å². The van der Waals surface area contributed by atoms with Crippen LogP contribution in [0.1, 0.15) is 36.0 Å². The summed E-state index contributed by atoms with van der Waals surface area (Å²) in [6.07, 6.45) is 4.05. The predicted molar refractivity (Wildman–Crippen MR) is 124 cm³/mol. The van der Waals surface area contributed by atoms with Crippen LogP contribution in [-0.2, 0) is 0 Å². The highest BCUT2D eigenvalue weighted by Gasteiger charge is 2.24. The van der Waals surface area contributed by atoms with E-state index in [0.29, 0.717) is 35.8 Å². The second-order valence-electron chi connectivity index (χ2n) is 8.22. The van der Waals surface area contributed by atoms with Crippen molar-refractivity contribution in [1.82, 2.24) is 14.3 Å². The van der Waals surface area contributed by atoms with Crippen LogP contribution in [0.5, 0.6) is 5.75 Å². The van der Waals surface area contributed by atoms with Gasteiger partial charge in [0, 0.05) is 43.0 Å². The van der Waals surface area contributed by atoms with Crippen LogP contribution in [0.4, 0.5) is 14.9 Å². The van der Waals surface area contributed by atoms with E-state index in [0.717, 1.165) is 43.0 Å². The Balaban J connectivity index is 1.37. The Kier molecular flexibility index (Phi) is 6.04. The molecule has 0 unspecified atom stereocenters.